The first-order valence-electron chi connectivity index (χ1n) is 8.73. The summed E-state index contributed by atoms with van der Waals surface area (Å²) in [4.78, 5) is 20.4. The van der Waals surface area contributed by atoms with Gasteiger partial charge in [0.05, 0.1) is 19.3 Å². The molecule has 3 heterocycles. The number of nitrogen functional groups attached to an aromatic ring is 1. The Hall–Kier alpha value is -2.18. The van der Waals surface area contributed by atoms with Crippen molar-refractivity contribution in [3.63, 3.8) is 0 Å². The number of hydrogen-bond donors (Lipinski definition) is 2. The van der Waals surface area contributed by atoms with Crippen LogP contribution in [0.1, 0.15) is 25.8 Å². The van der Waals surface area contributed by atoms with Gasteiger partial charge in [-0.25, -0.2) is 19.4 Å². The third-order valence-electron chi connectivity index (χ3n) is 4.51. The SMILES string of the molecule is CCCSc1nc(N)c2nnn(C3CC(OCCO)[C@H]4OC(=O)O[C@@H]34)c2n1. The van der Waals surface area contributed by atoms with E-state index in [2.05, 4.69) is 27.2 Å². The average molecular weight is 396 g/mol. The molecular weight excluding hydrogens is 376 g/mol. The van der Waals surface area contributed by atoms with Crippen molar-refractivity contribution in [3.8, 4) is 0 Å². The first kappa shape index (κ1) is 18.2. The number of fused-ring (bicyclic) bond motifs is 2. The molecule has 2 aromatic rings. The van der Waals surface area contributed by atoms with Crippen molar-refractivity contribution in [3.05, 3.63) is 0 Å². The third kappa shape index (κ3) is 3.28. The summed E-state index contributed by atoms with van der Waals surface area (Å²) in [6.45, 7) is 2.09. The highest BCUT2D eigenvalue weighted by molar-refractivity contribution is 7.99. The Bertz CT molecular complexity index is 847. The number of rotatable bonds is 7. The number of carbonyl (C=O) groups is 1. The molecule has 0 radical (unpaired) electrons. The number of carbonyl (C=O) groups excluding carboxylic acids is 1. The van der Waals surface area contributed by atoms with Gasteiger partial charge in [0.2, 0.25) is 0 Å². The van der Waals surface area contributed by atoms with E-state index in [1.165, 1.54) is 11.8 Å². The Morgan fingerprint density at radius 1 is 1.37 bits per heavy atom. The number of aromatic nitrogens is 5. The minimum Gasteiger partial charge on any atom is -0.425 e. The zero-order chi connectivity index (χ0) is 19.0. The highest BCUT2D eigenvalue weighted by atomic mass is 32.2. The van der Waals surface area contributed by atoms with Crippen LogP contribution in [0.4, 0.5) is 10.6 Å². The van der Waals surface area contributed by atoms with Gasteiger partial charge in [-0.05, 0) is 6.42 Å². The van der Waals surface area contributed by atoms with E-state index in [1.54, 1.807) is 4.68 Å². The van der Waals surface area contributed by atoms with Crippen molar-refractivity contribution in [1.29, 1.82) is 0 Å². The summed E-state index contributed by atoms with van der Waals surface area (Å²) in [5.74, 6) is 1.12. The minimum absolute atomic E-state index is 0.124. The maximum atomic E-state index is 11.6. The van der Waals surface area contributed by atoms with Crippen molar-refractivity contribution in [2.45, 2.75) is 49.3 Å². The number of aliphatic hydroxyl groups is 1. The van der Waals surface area contributed by atoms with Crippen LogP contribution in [0.5, 0.6) is 0 Å². The number of ether oxygens (including phenoxy) is 3. The van der Waals surface area contributed by atoms with Crippen molar-refractivity contribution in [2.75, 3.05) is 24.7 Å². The number of aliphatic hydroxyl groups excluding tert-OH is 1. The van der Waals surface area contributed by atoms with E-state index in [0.29, 0.717) is 22.7 Å². The molecule has 1 saturated heterocycles. The molecular formula is C15H20N6O5S. The molecule has 2 aromatic heterocycles. The number of nitrogens with two attached hydrogens (primary N) is 1. The van der Waals surface area contributed by atoms with Crippen LogP contribution in [0, 0.1) is 0 Å². The molecule has 2 unspecified atom stereocenters. The minimum atomic E-state index is -0.745. The molecule has 0 amide bonds. The molecule has 0 aromatic carbocycles. The summed E-state index contributed by atoms with van der Waals surface area (Å²) in [6.07, 6.45) is -0.846. The quantitative estimate of drug-likeness (QED) is 0.383. The molecule has 0 bridgehead atoms. The lowest BCUT2D eigenvalue weighted by Gasteiger charge is -2.15. The van der Waals surface area contributed by atoms with Crippen molar-refractivity contribution in [2.24, 2.45) is 0 Å². The van der Waals surface area contributed by atoms with Gasteiger partial charge < -0.3 is 25.1 Å². The fourth-order valence-corrected chi connectivity index (χ4v) is 4.09. The van der Waals surface area contributed by atoms with Gasteiger partial charge in [-0.1, -0.05) is 23.9 Å². The van der Waals surface area contributed by atoms with E-state index in [9.17, 15) is 4.79 Å². The van der Waals surface area contributed by atoms with Gasteiger partial charge in [0.15, 0.2) is 34.3 Å². The Labute approximate surface area is 158 Å². The van der Waals surface area contributed by atoms with Crippen LogP contribution in [0.25, 0.3) is 11.2 Å². The van der Waals surface area contributed by atoms with E-state index in [4.69, 9.17) is 25.1 Å². The maximum Gasteiger partial charge on any atom is 0.509 e. The molecule has 0 spiro atoms. The van der Waals surface area contributed by atoms with E-state index in [0.717, 1.165) is 12.2 Å². The molecule has 1 aliphatic carbocycles. The van der Waals surface area contributed by atoms with Gasteiger partial charge >= 0.3 is 6.16 Å². The second-order valence-corrected chi connectivity index (χ2v) is 7.36. The van der Waals surface area contributed by atoms with Crippen molar-refractivity contribution >= 4 is 34.9 Å². The van der Waals surface area contributed by atoms with Crippen LogP contribution in [0.15, 0.2) is 5.16 Å². The Balaban J connectivity index is 1.68. The fourth-order valence-electron chi connectivity index (χ4n) is 3.39. The second-order valence-electron chi connectivity index (χ2n) is 6.30. The van der Waals surface area contributed by atoms with Crippen LogP contribution in [0.2, 0.25) is 0 Å². The lowest BCUT2D eigenvalue weighted by atomic mass is 10.2. The predicted octanol–water partition coefficient (Wildman–Crippen LogP) is 0.532. The predicted molar refractivity (Wildman–Crippen MR) is 94.2 cm³/mol. The molecule has 27 heavy (non-hydrogen) atoms. The van der Waals surface area contributed by atoms with E-state index in [1.807, 2.05) is 0 Å². The number of anilines is 1. The smallest absolute Gasteiger partial charge is 0.425 e. The molecule has 2 fully saturated rings. The molecule has 1 saturated carbocycles. The summed E-state index contributed by atoms with van der Waals surface area (Å²) in [7, 11) is 0. The molecule has 146 valence electrons. The van der Waals surface area contributed by atoms with Gasteiger partial charge in [0.1, 0.15) is 6.10 Å². The topological polar surface area (TPSA) is 148 Å². The molecule has 2 aliphatic rings. The third-order valence-corrected chi connectivity index (χ3v) is 5.56. The van der Waals surface area contributed by atoms with Gasteiger partial charge in [0, 0.05) is 12.2 Å². The monoisotopic (exact) mass is 396 g/mol. The fraction of sp³-hybridized carbons (Fsp3) is 0.667. The van der Waals surface area contributed by atoms with Gasteiger partial charge in [-0.3, -0.25) is 0 Å². The summed E-state index contributed by atoms with van der Waals surface area (Å²) in [5, 5.41) is 17.8. The molecule has 4 atom stereocenters. The standard InChI is InChI=1S/C15H20N6O5S/c1-2-5-27-14-17-12(16)9-13(18-14)21(20-19-9)7-6-8(24-4-3-22)11-10(7)25-15(23)26-11/h7-8,10-11,22H,2-6H2,1H3,(H2,16,17,18)/t7?,8?,10-,11+/m0/s1. The van der Waals surface area contributed by atoms with Crippen LogP contribution < -0.4 is 5.73 Å². The molecule has 4 rings (SSSR count). The largest absolute Gasteiger partial charge is 0.509 e. The Morgan fingerprint density at radius 2 is 2.19 bits per heavy atom. The van der Waals surface area contributed by atoms with Gasteiger partial charge in [-0.15, -0.1) is 5.10 Å². The van der Waals surface area contributed by atoms with E-state index < -0.39 is 24.5 Å². The zero-order valence-electron chi connectivity index (χ0n) is 14.6. The summed E-state index contributed by atoms with van der Waals surface area (Å²) in [5.41, 5.74) is 6.90. The van der Waals surface area contributed by atoms with Crippen molar-refractivity contribution in [1.82, 2.24) is 25.0 Å². The zero-order valence-corrected chi connectivity index (χ0v) is 15.5. The van der Waals surface area contributed by atoms with Crippen LogP contribution >= 0.6 is 11.8 Å². The summed E-state index contributed by atoms with van der Waals surface area (Å²) < 4.78 is 17.8. The van der Waals surface area contributed by atoms with Crippen molar-refractivity contribution < 1.29 is 24.1 Å². The first-order valence-corrected chi connectivity index (χ1v) is 9.71. The Kier molecular flexibility index (Phi) is 5.02. The van der Waals surface area contributed by atoms with Crippen LogP contribution in [-0.4, -0.2) is 73.5 Å². The van der Waals surface area contributed by atoms with Gasteiger partial charge in [0.25, 0.3) is 0 Å². The normalized spacial score (nSPS) is 27.0. The Morgan fingerprint density at radius 3 is 2.96 bits per heavy atom. The molecule has 12 heteroatoms. The average Bonchev–Trinajstić information content (AvgIpc) is 3.32. The van der Waals surface area contributed by atoms with E-state index >= 15 is 0 Å². The number of nitrogens with zero attached hydrogens (tertiary/aromatic N) is 5. The summed E-state index contributed by atoms with van der Waals surface area (Å²) in [6, 6.07) is -0.367. The highest BCUT2D eigenvalue weighted by Crippen LogP contribution is 2.41. The lowest BCUT2D eigenvalue weighted by Crippen LogP contribution is -2.31. The van der Waals surface area contributed by atoms with Crippen LogP contribution in [-0.2, 0) is 14.2 Å². The van der Waals surface area contributed by atoms with Crippen LogP contribution in [0.3, 0.4) is 0 Å². The molecule has 1 aliphatic heterocycles. The molecule has 3 N–H and O–H groups in total. The number of thioether (sulfide) groups is 1. The maximum absolute atomic E-state index is 11.6. The highest BCUT2D eigenvalue weighted by Gasteiger charge is 2.55. The van der Waals surface area contributed by atoms with E-state index in [-0.39, 0.29) is 25.1 Å². The molecule has 11 nitrogen and oxygen atoms in total. The van der Waals surface area contributed by atoms with Gasteiger partial charge in [-0.2, -0.15) is 0 Å². The second kappa shape index (κ2) is 7.44. The summed E-state index contributed by atoms with van der Waals surface area (Å²) >= 11 is 1.50. The lowest BCUT2D eigenvalue weighted by molar-refractivity contribution is -0.0274. The number of hydrogen-bond acceptors (Lipinski definition) is 11. The first-order chi connectivity index (χ1) is 13.1.